The molecular formula is C15H19F2NO2. The second kappa shape index (κ2) is 5.48. The van der Waals surface area contributed by atoms with E-state index in [-0.39, 0.29) is 11.1 Å². The summed E-state index contributed by atoms with van der Waals surface area (Å²) < 4.78 is 32.6. The number of esters is 1. The van der Waals surface area contributed by atoms with Crippen LogP contribution < -0.4 is 5.32 Å². The Morgan fingerprint density at radius 2 is 2.05 bits per heavy atom. The Kier molecular flexibility index (Phi) is 4.09. The highest BCUT2D eigenvalue weighted by molar-refractivity contribution is 5.82. The van der Waals surface area contributed by atoms with Crippen LogP contribution in [0.2, 0.25) is 0 Å². The second-order valence-corrected chi connectivity index (χ2v) is 5.52. The molecule has 0 aliphatic heterocycles. The van der Waals surface area contributed by atoms with Gasteiger partial charge in [0.1, 0.15) is 17.2 Å². The Hall–Kier alpha value is -1.49. The van der Waals surface area contributed by atoms with Gasteiger partial charge in [0.15, 0.2) is 0 Å². The van der Waals surface area contributed by atoms with Gasteiger partial charge in [-0.05, 0) is 56.8 Å². The van der Waals surface area contributed by atoms with Gasteiger partial charge in [0, 0.05) is 5.56 Å². The lowest BCUT2D eigenvalue weighted by Gasteiger charge is -2.29. The fourth-order valence-electron chi connectivity index (χ4n) is 2.18. The van der Waals surface area contributed by atoms with Gasteiger partial charge in [0.2, 0.25) is 0 Å². The average Bonchev–Trinajstić information content (AvgIpc) is 3.23. The normalized spacial score (nSPS) is 17.6. The summed E-state index contributed by atoms with van der Waals surface area (Å²) in [4.78, 5) is 12.0. The Labute approximate surface area is 117 Å². The number of rotatable bonds is 5. The van der Waals surface area contributed by atoms with E-state index in [1.807, 2.05) is 0 Å². The Morgan fingerprint density at radius 1 is 1.40 bits per heavy atom. The third-order valence-electron chi connectivity index (χ3n) is 3.82. The van der Waals surface area contributed by atoms with Crippen LogP contribution in [0.25, 0.3) is 0 Å². The first kappa shape index (κ1) is 14.9. The summed E-state index contributed by atoms with van der Waals surface area (Å²) in [6.45, 7) is 3.59. The molecule has 0 radical (unpaired) electrons. The number of carbonyl (C=O) groups excluding carboxylic acids is 1. The molecule has 2 rings (SSSR count). The van der Waals surface area contributed by atoms with Crippen molar-refractivity contribution in [1.29, 1.82) is 0 Å². The van der Waals surface area contributed by atoms with Crippen molar-refractivity contribution in [3.63, 3.8) is 0 Å². The second-order valence-electron chi connectivity index (χ2n) is 5.52. The minimum absolute atomic E-state index is 0.0203. The SMILES string of the molecule is COC(=O)C(C)(NCC1CC1)c1cc(F)c(C)cc1F. The van der Waals surface area contributed by atoms with Crippen molar-refractivity contribution >= 4 is 5.97 Å². The first-order valence-electron chi connectivity index (χ1n) is 6.68. The number of hydrogen-bond acceptors (Lipinski definition) is 3. The van der Waals surface area contributed by atoms with Gasteiger partial charge < -0.3 is 4.74 Å². The molecule has 1 unspecified atom stereocenters. The molecule has 0 bridgehead atoms. The predicted octanol–water partition coefficient (Wildman–Crippen LogP) is 2.66. The smallest absolute Gasteiger partial charge is 0.330 e. The van der Waals surface area contributed by atoms with Crippen molar-refractivity contribution in [2.45, 2.75) is 32.2 Å². The fraction of sp³-hybridized carbons (Fsp3) is 0.533. The molecule has 110 valence electrons. The minimum atomic E-state index is -1.38. The number of methoxy groups -OCH3 is 1. The summed E-state index contributed by atoms with van der Waals surface area (Å²) in [7, 11) is 1.24. The molecule has 5 heteroatoms. The quantitative estimate of drug-likeness (QED) is 0.844. The molecule has 0 spiro atoms. The number of aryl methyl sites for hydroxylation is 1. The molecule has 0 amide bonds. The number of hydrogen-bond donors (Lipinski definition) is 1. The first-order valence-corrected chi connectivity index (χ1v) is 6.68. The molecule has 1 aliphatic carbocycles. The lowest BCUT2D eigenvalue weighted by Crippen LogP contribution is -2.48. The van der Waals surface area contributed by atoms with Crippen molar-refractivity contribution < 1.29 is 18.3 Å². The van der Waals surface area contributed by atoms with Crippen LogP contribution in [-0.4, -0.2) is 19.6 Å². The van der Waals surface area contributed by atoms with Crippen molar-refractivity contribution in [2.75, 3.05) is 13.7 Å². The van der Waals surface area contributed by atoms with Crippen LogP contribution in [0.15, 0.2) is 12.1 Å². The zero-order valence-corrected chi connectivity index (χ0v) is 11.9. The highest BCUT2D eigenvalue weighted by Gasteiger charge is 2.40. The molecule has 20 heavy (non-hydrogen) atoms. The third kappa shape index (κ3) is 2.82. The lowest BCUT2D eigenvalue weighted by atomic mass is 9.90. The molecule has 1 aromatic carbocycles. The lowest BCUT2D eigenvalue weighted by molar-refractivity contribution is -0.148. The van der Waals surface area contributed by atoms with Crippen molar-refractivity contribution in [2.24, 2.45) is 5.92 Å². The number of ether oxygens (including phenoxy) is 1. The van der Waals surface area contributed by atoms with E-state index in [1.165, 1.54) is 21.0 Å². The minimum Gasteiger partial charge on any atom is -0.467 e. The zero-order valence-electron chi connectivity index (χ0n) is 11.9. The number of halogens is 2. The van der Waals surface area contributed by atoms with Gasteiger partial charge in [-0.2, -0.15) is 0 Å². The maximum absolute atomic E-state index is 14.1. The molecular weight excluding hydrogens is 264 g/mol. The van der Waals surface area contributed by atoms with Crippen LogP contribution in [0, 0.1) is 24.5 Å². The maximum Gasteiger partial charge on any atom is 0.330 e. The molecule has 1 saturated carbocycles. The van der Waals surface area contributed by atoms with E-state index in [4.69, 9.17) is 4.74 Å². The highest BCUT2D eigenvalue weighted by atomic mass is 19.1. The van der Waals surface area contributed by atoms with Crippen molar-refractivity contribution in [3.05, 3.63) is 34.9 Å². The van der Waals surface area contributed by atoms with Gasteiger partial charge in [-0.25, -0.2) is 13.6 Å². The number of carbonyl (C=O) groups is 1. The number of nitrogens with one attached hydrogen (secondary N) is 1. The van der Waals surface area contributed by atoms with Crippen LogP contribution >= 0.6 is 0 Å². The summed E-state index contributed by atoms with van der Waals surface area (Å²) in [5.74, 6) is -1.28. The van der Waals surface area contributed by atoms with E-state index in [0.717, 1.165) is 25.0 Å². The fourth-order valence-corrected chi connectivity index (χ4v) is 2.18. The van der Waals surface area contributed by atoms with Gasteiger partial charge in [-0.15, -0.1) is 0 Å². The molecule has 0 aromatic heterocycles. The molecule has 0 heterocycles. The highest BCUT2D eigenvalue weighted by Crippen LogP contribution is 2.32. The first-order chi connectivity index (χ1) is 9.38. The van der Waals surface area contributed by atoms with Gasteiger partial charge in [-0.3, -0.25) is 5.32 Å². The molecule has 1 fully saturated rings. The topological polar surface area (TPSA) is 38.3 Å². The summed E-state index contributed by atoms with van der Waals surface area (Å²) >= 11 is 0. The van der Waals surface area contributed by atoms with Crippen LogP contribution in [0.1, 0.15) is 30.9 Å². The van der Waals surface area contributed by atoms with E-state index in [9.17, 15) is 13.6 Å². The Balaban J connectivity index is 2.38. The Morgan fingerprint density at radius 3 is 2.60 bits per heavy atom. The van der Waals surface area contributed by atoms with E-state index < -0.39 is 23.1 Å². The molecule has 0 saturated heterocycles. The summed E-state index contributed by atoms with van der Waals surface area (Å²) in [5, 5.41) is 3.03. The number of benzene rings is 1. The van der Waals surface area contributed by atoms with Gasteiger partial charge in [0.05, 0.1) is 7.11 Å². The van der Waals surface area contributed by atoms with E-state index >= 15 is 0 Å². The summed E-state index contributed by atoms with van der Waals surface area (Å²) in [6.07, 6.45) is 2.18. The van der Waals surface area contributed by atoms with E-state index in [2.05, 4.69) is 5.32 Å². The van der Waals surface area contributed by atoms with Crippen LogP contribution in [-0.2, 0) is 15.1 Å². The van der Waals surface area contributed by atoms with Crippen molar-refractivity contribution in [1.82, 2.24) is 5.32 Å². The van der Waals surface area contributed by atoms with E-state index in [1.54, 1.807) is 0 Å². The van der Waals surface area contributed by atoms with Gasteiger partial charge >= 0.3 is 5.97 Å². The molecule has 3 nitrogen and oxygen atoms in total. The van der Waals surface area contributed by atoms with Crippen molar-refractivity contribution in [3.8, 4) is 0 Å². The molecule has 1 N–H and O–H groups in total. The van der Waals surface area contributed by atoms with Crippen LogP contribution in [0.3, 0.4) is 0 Å². The molecule has 1 atom stereocenters. The predicted molar refractivity (Wildman–Crippen MR) is 71.2 cm³/mol. The van der Waals surface area contributed by atoms with E-state index in [0.29, 0.717) is 12.5 Å². The standard InChI is InChI=1S/C15H19F2NO2/c1-9-6-13(17)11(7-12(9)16)15(2,14(19)20-3)18-8-10-4-5-10/h6-7,10,18H,4-5,8H2,1-3H3. The summed E-state index contributed by atoms with van der Waals surface area (Å²) in [5.41, 5.74) is -1.19. The third-order valence-corrected chi connectivity index (χ3v) is 3.82. The zero-order chi connectivity index (χ0) is 14.9. The Bertz CT molecular complexity index is 529. The van der Waals surface area contributed by atoms with Crippen LogP contribution in [0.5, 0.6) is 0 Å². The maximum atomic E-state index is 14.1. The largest absolute Gasteiger partial charge is 0.467 e. The summed E-state index contributed by atoms with van der Waals surface area (Å²) in [6, 6.07) is 2.17. The van der Waals surface area contributed by atoms with Gasteiger partial charge in [0.25, 0.3) is 0 Å². The molecule has 1 aliphatic rings. The average molecular weight is 283 g/mol. The molecule has 1 aromatic rings. The monoisotopic (exact) mass is 283 g/mol. The van der Waals surface area contributed by atoms with Crippen LogP contribution in [0.4, 0.5) is 8.78 Å². The van der Waals surface area contributed by atoms with Gasteiger partial charge in [-0.1, -0.05) is 0 Å².